The summed E-state index contributed by atoms with van der Waals surface area (Å²) >= 11 is 0. The second kappa shape index (κ2) is 9.03. The third-order valence-corrected chi connectivity index (χ3v) is 12.2. The highest BCUT2D eigenvalue weighted by atomic mass is 16.5. The van der Waals surface area contributed by atoms with Crippen molar-refractivity contribution in [1.29, 1.82) is 0 Å². The second-order valence-corrected chi connectivity index (χ2v) is 14.2. The molecular formula is C32H52O3. The Morgan fingerprint density at radius 1 is 1.00 bits per heavy atom. The number of rotatable bonds is 6. The zero-order valence-electron chi connectivity index (χ0n) is 23.9. The molecule has 0 aromatic heterocycles. The molecule has 0 bridgehead atoms. The van der Waals surface area contributed by atoms with Gasteiger partial charge in [-0.25, -0.2) is 0 Å². The first-order valence-corrected chi connectivity index (χ1v) is 14.4. The Hall–Kier alpha value is -1.09. The van der Waals surface area contributed by atoms with Crippen LogP contribution in [-0.4, -0.2) is 23.3 Å². The van der Waals surface area contributed by atoms with Gasteiger partial charge in [0.05, 0.1) is 6.10 Å². The summed E-state index contributed by atoms with van der Waals surface area (Å²) in [7, 11) is 0. The normalized spacial score (nSPS) is 41.9. The van der Waals surface area contributed by atoms with Gasteiger partial charge in [0.25, 0.3) is 0 Å². The highest BCUT2D eigenvalue weighted by molar-refractivity contribution is 5.66. The number of esters is 1. The van der Waals surface area contributed by atoms with E-state index in [1.54, 1.807) is 12.5 Å². The maximum Gasteiger partial charge on any atom is 0.302 e. The molecule has 35 heavy (non-hydrogen) atoms. The van der Waals surface area contributed by atoms with E-state index in [0.717, 1.165) is 37.2 Å². The molecule has 8 atom stereocenters. The van der Waals surface area contributed by atoms with Crippen molar-refractivity contribution in [3.63, 3.8) is 0 Å². The van der Waals surface area contributed by atoms with Crippen LogP contribution in [0.15, 0.2) is 23.3 Å². The molecule has 2 fully saturated rings. The van der Waals surface area contributed by atoms with Crippen molar-refractivity contribution in [2.24, 2.45) is 39.4 Å². The van der Waals surface area contributed by atoms with Crippen molar-refractivity contribution in [1.82, 2.24) is 0 Å². The minimum Gasteiger partial charge on any atom is -0.462 e. The van der Waals surface area contributed by atoms with E-state index in [0.29, 0.717) is 17.3 Å². The van der Waals surface area contributed by atoms with E-state index in [1.165, 1.54) is 38.5 Å². The quantitative estimate of drug-likeness (QED) is 0.307. The third-order valence-electron chi connectivity index (χ3n) is 12.2. The average molecular weight is 485 g/mol. The van der Waals surface area contributed by atoms with Crippen LogP contribution >= 0.6 is 0 Å². The van der Waals surface area contributed by atoms with Crippen molar-refractivity contribution < 1.29 is 14.6 Å². The number of allylic oxidation sites excluding steroid dienone is 2. The number of fused-ring (bicyclic) bond motifs is 4. The maximum absolute atomic E-state index is 11.8. The fraction of sp³-hybridized carbons (Fsp3) is 0.844. The van der Waals surface area contributed by atoms with E-state index in [-0.39, 0.29) is 34.4 Å². The van der Waals surface area contributed by atoms with Crippen molar-refractivity contribution in [3.8, 4) is 0 Å². The van der Waals surface area contributed by atoms with E-state index in [9.17, 15) is 9.90 Å². The lowest BCUT2D eigenvalue weighted by molar-refractivity contribution is -0.167. The van der Waals surface area contributed by atoms with Gasteiger partial charge in [0.15, 0.2) is 0 Å². The summed E-state index contributed by atoms with van der Waals surface area (Å²) < 4.78 is 5.86. The summed E-state index contributed by atoms with van der Waals surface area (Å²) in [6.45, 7) is 22.4. The molecule has 198 valence electrons. The summed E-state index contributed by atoms with van der Waals surface area (Å²) in [5.74, 6) is 1.79. The van der Waals surface area contributed by atoms with E-state index < -0.39 is 0 Å². The predicted molar refractivity (Wildman–Crippen MR) is 144 cm³/mol. The highest BCUT2D eigenvalue weighted by Crippen LogP contribution is 2.72. The molecule has 4 rings (SSSR count). The van der Waals surface area contributed by atoms with Crippen LogP contribution in [0.5, 0.6) is 0 Å². The molecule has 0 spiro atoms. The molecule has 0 heterocycles. The molecule has 0 aliphatic heterocycles. The van der Waals surface area contributed by atoms with E-state index in [4.69, 9.17) is 4.74 Å². The average Bonchev–Trinajstić information content (AvgIpc) is 3.05. The summed E-state index contributed by atoms with van der Waals surface area (Å²) in [4.78, 5) is 11.8. The standard InChI is InChI=1S/C32H52O3/c1-20(2)26(34)12-10-21(3)23-14-18-32(9)25-11-13-27-29(5,6)28(35-22(4)33)16-17-30(27,7)24(25)15-19-31(23,32)8/h21,23,26-28,34H,1,10-19H2,2-9H3. The van der Waals surface area contributed by atoms with Crippen LogP contribution in [0.2, 0.25) is 0 Å². The van der Waals surface area contributed by atoms with Gasteiger partial charge in [-0.3, -0.25) is 4.79 Å². The van der Waals surface area contributed by atoms with Crippen LogP contribution < -0.4 is 0 Å². The molecule has 0 amide bonds. The van der Waals surface area contributed by atoms with E-state index in [2.05, 4.69) is 48.1 Å². The summed E-state index contributed by atoms with van der Waals surface area (Å²) in [6, 6.07) is 0. The van der Waals surface area contributed by atoms with Gasteiger partial charge in [-0.2, -0.15) is 0 Å². The zero-order valence-corrected chi connectivity index (χ0v) is 23.9. The predicted octanol–water partition coefficient (Wildman–Crippen LogP) is 8.02. The van der Waals surface area contributed by atoms with Crippen molar-refractivity contribution in [2.75, 3.05) is 0 Å². The molecule has 3 nitrogen and oxygen atoms in total. The van der Waals surface area contributed by atoms with Gasteiger partial charge in [-0.15, -0.1) is 0 Å². The molecule has 0 saturated heterocycles. The van der Waals surface area contributed by atoms with Crippen LogP contribution in [-0.2, 0) is 9.53 Å². The number of ether oxygens (including phenoxy) is 1. The molecule has 0 radical (unpaired) electrons. The Morgan fingerprint density at radius 3 is 2.31 bits per heavy atom. The minimum atomic E-state index is -0.362. The van der Waals surface area contributed by atoms with Crippen LogP contribution in [0.1, 0.15) is 120 Å². The first-order chi connectivity index (χ1) is 16.2. The lowest BCUT2D eigenvalue weighted by Gasteiger charge is -2.62. The summed E-state index contributed by atoms with van der Waals surface area (Å²) in [5.41, 5.74) is 5.36. The molecule has 4 aliphatic rings. The topological polar surface area (TPSA) is 46.5 Å². The molecule has 8 unspecified atom stereocenters. The zero-order chi connectivity index (χ0) is 26.0. The molecule has 1 N–H and O–H groups in total. The van der Waals surface area contributed by atoms with Gasteiger partial charge < -0.3 is 9.84 Å². The van der Waals surface area contributed by atoms with Crippen molar-refractivity contribution in [2.45, 2.75) is 132 Å². The first kappa shape index (κ1) is 27.0. The van der Waals surface area contributed by atoms with Gasteiger partial charge in [0, 0.05) is 12.3 Å². The molecule has 3 heteroatoms. The molecule has 2 saturated carbocycles. The van der Waals surface area contributed by atoms with Crippen LogP contribution in [0.25, 0.3) is 0 Å². The smallest absolute Gasteiger partial charge is 0.302 e. The van der Waals surface area contributed by atoms with Crippen molar-refractivity contribution in [3.05, 3.63) is 23.3 Å². The fourth-order valence-electron chi connectivity index (χ4n) is 9.90. The SMILES string of the molecule is C=C(C)C(O)CCC(C)C1CCC2(C)C3=C(CCC12C)C1(C)CCC(OC(C)=O)C(C)(C)C1CC3. The van der Waals surface area contributed by atoms with Gasteiger partial charge in [-0.1, -0.05) is 64.8 Å². The Labute approximate surface area is 215 Å². The fourth-order valence-corrected chi connectivity index (χ4v) is 9.90. The first-order valence-electron chi connectivity index (χ1n) is 14.4. The third kappa shape index (κ3) is 4.07. The second-order valence-electron chi connectivity index (χ2n) is 14.2. The number of hydrogen-bond donors (Lipinski definition) is 1. The maximum atomic E-state index is 11.8. The van der Waals surface area contributed by atoms with Gasteiger partial charge in [-0.05, 0) is 105 Å². The van der Waals surface area contributed by atoms with Gasteiger partial charge in [0.1, 0.15) is 6.10 Å². The Kier molecular flexibility index (Phi) is 6.96. The van der Waals surface area contributed by atoms with Crippen LogP contribution in [0.4, 0.5) is 0 Å². The highest BCUT2D eigenvalue weighted by Gasteiger charge is 2.63. The lowest BCUT2D eigenvalue weighted by Crippen LogP contribution is -2.55. The lowest BCUT2D eigenvalue weighted by atomic mass is 9.43. The monoisotopic (exact) mass is 484 g/mol. The Bertz CT molecular complexity index is 898. The molecule has 0 aromatic carbocycles. The number of carbonyl (C=O) groups is 1. The van der Waals surface area contributed by atoms with E-state index >= 15 is 0 Å². The summed E-state index contributed by atoms with van der Waals surface area (Å²) in [6.07, 6.45) is 11.3. The Morgan fingerprint density at radius 2 is 1.69 bits per heavy atom. The van der Waals surface area contributed by atoms with Crippen LogP contribution in [0.3, 0.4) is 0 Å². The largest absolute Gasteiger partial charge is 0.462 e. The minimum absolute atomic E-state index is 0.00962. The molecular weight excluding hydrogens is 432 g/mol. The number of aliphatic hydroxyl groups is 1. The number of aliphatic hydroxyl groups excluding tert-OH is 1. The Balaban J connectivity index is 1.61. The molecule has 0 aromatic rings. The van der Waals surface area contributed by atoms with Gasteiger partial charge >= 0.3 is 5.97 Å². The van der Waals surface area contributed by atoms with Crippen molar-refractivity contribution >= 4 is 5.97 Å². The molecule has 4 aliphatic carbocycles. The van der Waals surface area contributed by atoms with Crippen LogP contribution in [0, 0.1) is 39.4 Å². The number of carbonyl (C=O) groups excluding carboxylic acids is 1. The number of hydrogen-bond acceptors (Lipinski definition) is 3. The van der Waals surface area contributed by atoms with E-state index in [1.807, 2.05) is 12.5 Å². The van der Waals surface area contributed by atoms with Gasteiger partial charge in [0.2, 0.25) is 0 Å². The summed E-state index contributed by atoms with van der Waals surface area (Å²) in [5, 5.41) is 10.3.